The van der Waals surface area contributed by atoms with Crippen molar-refractivity contribution in [3.8, 4) is 0 Å². The summed E-state index contributed by atoms with van der Waals surface area (Å²) >= 11 is 0. The predicted molar refractivity (Wildman–Crippen MR) is 97.5 cm³/mol. The van der Waals surface area contributed by atoms with Crippen LogP contribution in [0.15, 0.2) is 22.4 Å². The molecule has 158 valence electrons. The van der Waals surface area contributed by atoms with E-state index in [4.69, 9.17) is 4.74 Å². The van der Waals surface area contributed by atoms with Crippen LogP contribution in [-0.2, 0) is 14.8 Å². The Hall–Kier alpha value is -1.10. The molecule has 10 heteroatoms. The number of nitrogens with zero attached hydrogens (tertiary/aromatic N) is 2. The van der Waals surface area contributed by atoms with Gasteiger partial charge in [-0.25, -0.2) is 8.42 Å². The van der Waals surface area contributed by atoms with Crippen molar-refractivity contribution in [2.45, 2.75) is 32.4 Å². The molecule has 3 saturated heterocycles. The number of rotatable bonds is 4. The van der Waals surface area contributed by atoms with E-state index < -0.39 is 21.9 Å². The highest BCUT2D eigenvalue weighted by atomic mass is 32.2. The van der Waals surface area contributed by atoms with Crippen LogP contribution in [0.25, 0.3) is 0 Å². The molecule has 0 atom stereocenters. The molecule has 28 heavy (non-hydrogen) atoms. The Bertz CT molecular complexity index is 787. The Morgan fingerprint density at radius 3 is 2.43 bits per heavy atom. The monoisotopic (exact) mass is 421 g/mol. The molecule has 0 radical (unpaired) electrons. The predicted octanol–water partition coefficient (Wildman–Crippen LogP) is 2.03. The van der Waals surface area contributed by atoms with Gasteiger partial charge in [-0.15, -0.1) is 0 Å². The van der Waals surface area contributed by atoms with Gasteiger partial charge in [0.25, 0.3) is 0 Å². The first-order valence-corrected chi connectivity index (χ1v) is 11.1. The van der Waals surface area contributed by atoms with E-state index in [9.17, 15) is 21.6 Å². The molecular formula is C18H26F3N3O3S. The molecule has 4 heterocycles. The summed E-state index contributed by atoms with van der Waals surface area (Å²) in [6, 6.07) is 0. The lowest BCUT2D eigenvalue weighted by Gasteiger charge is -2.60. The Labute approximate surface area is 163 Å². The van der Waals surface area contributed by atoms with Crippen molar-refractivity contribution < 1.29 is 26.3 Å². The number of hydrogen-bond donors (Lipinski definition) is 1. The summed E-state index contributed by atoms with van der Waals surface area (Å²) in [4.78, 5) is 2.42. The summed E-state index contributed by atoms with van der Waals surface area (Å²) in [6.45, 7) is 6.76. The fraction of sp³-hybridized carbons (Fsp3) is 0.778. The van der Waals surface area contributed by atoms with Crippen LogP contribution >= 0.6 is 0 Å². The number of ether oxygens (including phenoxy) is 1. The smallest absolute Gasteiger partial charge is 0.381 e. The van der Waals surface area contributed by atoms with E-state index in [1.807, 2.05) is 0 Å². The highest BCUT2D eigenvalue weighted by Crippen LogP contribution is 2.43. The van der Waals surface area contributed by atoms with Gasteiger partial charge in [0.05, 0.1) is 4.91 Å². The number of sulfonamides is 1. The van der Waals surface area contributed by atoms with E-state index >= 15 is 0 Å². The van der Waals surface area contributed by atoms with Gasteiger partial charge in [-0.2, -0.15) is 17.5 Å². The lowest BCUT2D eigenvalue weighted by Crippen LogP contribution is -2.73. The third-order valence-electron chi connectivity index (χ3n) is 6.19. The summed E-state index contributed by atoms with van der Waals surface area (Å²) in [5, 5.41) is 2.21. The Morgan fingerprint density at radius 1 is 1.21 bits per heavy atom. The first-order chi connectivity index (χ1) is 13.1. The van der Waals surface area contributed by atoms with Crippen LogP contribution in [0.1, 0.15) is 26.2 Å². The minimum Gasteiger partial charge on any atom is -0.381 e. The van der Waals surface area contributed by atoms with Crippen LogP contribution in [0, 0.1) is 11.3 Å². The molecule has 6 nitrogen and oxygen atoms in total. The Morgan fingerprint density at radius 2 is 1.86 bits per heavy atom. The molecule has 4 rings (SSSR count). The van der Waals surface area contributed by atoms with Crippen molar-refractivity contribution in [1.82, 2.24) is 14.5 Å². The second-order valence-electron chi connectivity index (χ2n) is 8.49. The number of nitrogens with one attached hydrogen (secondary N) is 1. The van der Waals surface area contributed by atoms with Crippen molar-refractivity contribution in [3.63, 3.8) is 0 Å². The van der Waals surface area contributed by atoms with Gasteiger partial charge in [0.1, 0.15) is 5.70 Å². The summed E-state index contributed by atoms with van der Waals surface area (Å²) in [7, 11) is -3.73. The number of allylic oxidation sites excluding steroid dienone is 4. The van der Waals surface area contributed by atoms with Crippen LogP contribution < -0.4 is 5.32 Å². The maximum Gasteiger partial charge on any atom is 0.430 e. The van der Waals surface area contributed by atoms with Crippen LogP contribution in [-0.4, -0.2) is 69.7 Å². The first kappa shape index (κ1) is 20.2. The highest BCUT2D eigenvalue weighted by Gasteiger charge is 2.55. The minimum atomic E-state index is -4.50. The standard InChI is InChI=1S/C18H26F3N3O3S/c1-13-15(2-3-16(22-13)18(19,20)21)28(25,26)24-11-17(12-24)9-23(10-17)8-14-4-6-27-7-5-14/h3,14,22H,2,4-12H2,1H3. The molecule has 0 saturated carbocycles. The normalized spacial score (nSPS) is 27.2. The molecule has 1 spiro atoms. The summed E-state index contributed by atoms with van der Waals surface area (Å²) in [5.74, 6) is 0.654. The zero-order valence-corrected chi connectivity index (χ0v) is 16.7. The van der Waals surface area contributed by atoms with Gasteiger partial charge < -0.3 is 15.0 Å². The van der Waals surface area contributed by atoms with E-state index in [0.717, 1.165) is 51.8 Å². The van der Waals surface area contributed by atoms with Gasteiger partial charge in [0, 0.05) is 63.5 Å². The lowest BCUT2D eigenvalue weighted by molar-refractivity contribution is -0.0963. The number of hydrogen-bond acceptors (Lipinski definition) is 5. The Kier molecular flexibility index (Phi) is 5.05. The summed E-state index contributed by atoms with van der Waals surface area (Å²) < 4.78 is 70.9. The SMILES string of the molecule is CC1=C(S(=O)(=O)N2CC3(CN(CC4CCOCC4)C3)C2)CC=C(C(F)(F)F)N1. The van der Waals surface area contributed by atoms with Crippen LogP contribution in [0.3, 0.4) is 0 Å². The molecule has 0 aliphatic carbocycles. The van der Waals surface area contributed by atoms with Crippen molar-refractivity contribution in [1.29, 1.82) is 0 Å². The van der Waals surface area contributed by atoms with Gasteiger partial charge in [0.15, 0.2) is 0 Å². The molecule has 0 amide bonds. The quantitative estimate of drug-likeness (QED) is 0.753. The average molecular weight is 421 g/mol. The van der Waals surface area contributed by atoms with Gasteiger partial charge >= 0.3 is 6.18 Å². The minimum absolute atomic E-state index is 0.0156. The Balaban J connectivity index is 1.31. The fourth-order valence-electron chi connectivity index (χ4n) is 4.71. The summed E-state index contributed by atoms with van der Waals surface area (Å²) in [5.41, 5.74) is -0.820. The largest absolute Gasteiger partial charge is 0.430 e. The van der Waals surface area contributed by atoms with Crippen LogP contribution in [0.4, 0.5) is 13.2 Å². The number of likely N-dealkylation sites (tertiary alicyclic amines) is 1. The zero-order valence-electron chi connectivity index (χ0n) is 15.9. The second-order valence-corrected chi connectivity index (χ2v) is 10.5. The maximum atomic E-state index is 12.9. The molecule has 0 unspecified atom stereocenters. The first-order valence-electron chi connectivity index (χ1n) is 9.63. The van der Waals surface area contributed by atoms with Crippen molar-refractivity contribution >= 4 is 10.0 Å². The molecule has 0 aromatic rings. The average Bonchev–Trinajstić information content (AvgIpc) is 2.55. The molecular weight excluding hydrogens is 395 g/mol. The molecule has 4 aliphatic rings. The topological polar surface area (TPSA) is 61.9 Å². The van der Waals surface area contributed by atoms with Crippen molar-refractivity contribution in [2.75, 3.05) is 45.9 Å². The third-order valence-corrected chi connectivity index (χ3v) is 8.22. The lowest BCUT2D eigenvalue weighted by atomic mass is 9.74. The van der Waals surface area contributed by atoms with Gasteiger partial charge in [-0.05, 0) is 25.7 Å². The molecule has 4 aliphatic heterocycles. The molecule has 0 bridgehead atoms. The number of alkyl halides is 3. The van der Waals surface area contributed by atoms with E-state index in [1.165, 1.54) is 11.2 Å². The maximum absolute atomic E-state index is 12.9. The fourth-order valence-corrected chi connectivity index (χ4v) is 6.64. The van der Waals surface area contributed by atoms with E-state index in [-0.39, 0.29) is 22.4 Å². The van der Waals surface area contributed by atoms with Crippen LogP contribution in [0.2, 0.25) is 0 Å². The van der Waals surface area contributed by atoms with Crippen molar-refractivity contribution in [3.05, 3.63) is 22.4 Å². The van der Waals surface area contributed by atoms with Crippen LogP contribution in [0.5, 0.6) is 0 Å². The van der Waals surface area contributed by atoms with E-state index in [2.05, 4.69) is 10.2 Å². The van der Waals surface area contributed by atoms with Gasteiger partial charge in [-0.3, -0.25) is 0 Å². The summed E-state index contributed by atoms with van der Waals surface area (Å²) in [6.07, 6.45) is -1.66. The second kappa shape index (κ2) is 7.00. The van der Waals surface area contributed by atoms with Crippen molar-refractivity contribution in [2.24, 2.45) is 11.3 Å². The molecule has 0 aromatic heterocycles. The van der Waals surface area contributed by atoms with E-state index in [0.29, 0.717) is 19.0 Å². The molecule has 0 aromatic carbocycles. The number of dihydropyridines is 1. The van der Waals surface area contributed by atoms with E-state index in [1.54, 1.807) is 0 Å². The number of halogens is 3. The van der Waals surface area contributed by atoms with Gasteiger partial charge in [0.2, 0.25) is 10.0 Å². The van der Waals surface area contributed by atoms with Gasteiger partial charge in [-0.1, -0.05) is 6.08 Å². The zero-order chi connectivity index (χ0) is 20.2. The molecule has 3 fully saturated rings. The highest BCUT2D eigenvalue weighted by molar-refractivity contribution is 7.93. The third kappa shape index (κ3) is 3.71. The molecule has 1 N–H and O–H groups in total.